The summed E-state index contributed by atoms with van der Waals surface area (Å²) in [5, 5.41) is 12.5. The van der Waals surface area contributed by atoms with E-state index in [2.05, 4.69) is 48.1 Å². The molecule has 0 saturated heterocycles. The average Bonchev–Trinajstić information content (AvgIpc) is 2.94. The largest absolute Gasteiger partial charge is 0.378 e. The van der Waals surface area contributed by atoms with Crippen LogP contribution < -0.4 is 27.0 Å². The molecule has 2 heterocycles. The Labute approximate surface area is 223 Å². The third-order valence-electron chi connectivity index (χ3n) is 5.17. The van der Waals surface area contributed by atoms with Gasteiger partial charge in [0.1, 0.15) is 0 Å². The zero-order valence-corrected chi connectivity index (χ0v) is 21.8. The molecule has 0 spiro atoms. The molecular weight excluding hydrogens is 486 g/mol. The summed E-state index contributed by atoms with van der Waals surface area (Å²) >= 11 is 0. The number of carbonyl (C=O) groups excluding carboxylic acids is 1. The van der Waals surface area contributed by atoms with Crippen LogP contribution in [0.2, 0.25) is 0 Å². The first-order valence-electron chi connectivity index (χ1n) is 12.8. The third-order valence-corrected chi connectivity index (χ3v) is 5.17. The topological polar surface area (TPSA) is 161 Å². The molecule has 0 unspecified atom stereocenters. The number of pyridine rings is 1. The van der Waals surface area contributed by atoms with Crippen LogP contribution >= 0.6 is 0 Å². The maximum absolute atomic E-state index is 12.4. The summed E-state index contributed by atoms with van der Waals surface area (Å²) in [6, 6.07) is 12.8. The quantitative estimate of drug-likeness (QED) is 0.156. The van der Waals surface area contributed by atoms with Gasteiger partial charge in [-0.2, -0.15) is 15.0 Å². The highest BCUT2D eigenvalue weighted by Gasteiger charge is 2.09. The molecule has 0 fully saturated rings. The first-order valence-corrected chi connectivity index (χ1v) is 12.8. The van der Waals surface area contributed by atoms with Crippen LogP contribution in [0, 0.1) is 0 Å². The van der Waals surface area contributed by atoms with Gasteiger partial charge in [0.2, 0.25) is 17.8 Å². The maximum atomic E-state index is 12.4. The summed E-state index contributed by atoms with van der Waals surface area (Å²) in [5.41, 5.74) is 7.51. The molecular formula is C26H37N9O3. The molecule has 0 atom stereocenters. The molecule has 0 radical (unpaired) electrons. The molecule has 1 amide bonds. The second kappa shape index (κ2) is 16.8. The van der Waals surface area contributed by atoms with E-state index < -0.39 is 0 Å². The SMILES string of the molecule is CCCCNc1nc(NCc2ccccn2)nc(Nc2ccc(C(=O)NCCOCCOCCN)cc2)n1. The first kappa shape index (κ1) is 28.7. The van der Waals surface area contributed by atoms with E-state index in [4.69, 9.17) is 15.2 Å². The summed E-state index contributed by atoms with van der Waals surface area (Å²) in [4.78, 5) is 30.2. The van der Waals surface area contributed by atoms with E-state index in [9.17, 15) is 4.79 Å². The monoisotopic (exact) mass is 523 g/mol. The van der Waals surface area contributed by atoms with Gasteiger partial charge in [-0.1, -0.05) is 19.4 Å². The minimum absolute atomic E-state index is 0.178. The van der Waals surface area contributed by atoms with Crippen molar-refractivity contribution in [2.45, 2.75) is 26.3 Å². The summed E-state index contributed by atoms with van der Waals surface area (Å²) in [5.74, 6) is 1.11. The number of hydrogen-bond donors (Lipinski definition) is 5. The van der Waals surface area contributed by atoms with Gasteiger partial charge in [-0.15, -0.1) is 0 Å². The molecule has 204 valence electrons. The molecule has 0 saturated carbocycles. The number of hydrogen-bond acceptors (Lipinski definition) is 11. The van der Waals surface area contributed by atoms with Gasteiger partial charge in [0.25, 0.3) is 5.91 Å². The van der Waals surface area contributed by atoms with Crippen LogP contribution in [0.1, 0.15) is 35.8 Å². The highest BCUT2D eigenvalue weighted by molar-refractivity contribution is 5.94. The molecule has 38 heavy (non-hydrogen) atoms. The van der Waals surface area contributed by atoms with E-state index in [1.807, 2.05) is 18.2 Å². The van der Waals surface area contributed by atoms with Gasteiger partial charge in [-0.05, 0) is 42.8 Å². The molecule has 3 rings (SSSR count). The molecule has 0 aliphatic rings. The minimum atomic E-state index is -0.178. The van der Waals surface area contributed by atoms with Crippen molar-refractivity contribution in [1.29, 1.82) is 0 Å². The van der Waals surface area contributed by atoms with Crippen molar-refractivity contribution in [3.8, 4) is 0 Å². The summed E-state index contributed by atoms with van der Waals surface area (Å²) in [6.45, 7) is 6.13. The van der Waals surface area contributed by atoms with Crippen molar-refractivity contribution < 1.29 is 14.3 Å². The van der Waals surface area contributed by atoms with Gasteiger partial charge < -0.3 is 36.5 Å². The van der Waals surface area contributed by atoms with Crippen LogP contribution in [0.4, 0.5) is 23.5 Å². The Bertz CT molecular complexity index is 1090. The zero-order chi connectivity index (χ0) is 26.8. The summed E-state index contributed by atoms with van der Waals surface area (Å²) in [7, 11) is 0. The Hall–Kier alpha value is -3.87. The maximum Gasteiger partial charge on any atom is 0.251 e. The molecule has 12 nitrogen and oxygen atoms in total. The number of nitrogens with two attached hydrogens (primary N) is 1. The predicted molar refractivity (Wildman–Crippen MR) is 148 cm³/mol. The molecule has 0 aliphatic heterocycles. The smallest absolute Gasteiger partial charge is 0.251 e. The van der Waals surface area contributed by atoms with Crippen LogP contribution in [-0.2, 0) is 16.0 Å². The highest BCUT2D eigenvalue weighted by atomic mass is 16.5. The fraction of sp³-hybridized carbons (Fsp3) is 0.423. The van der Waals surface area contributed by atoms with Gasteiger partial charge in [-0.3, -0.25) is 9.78 Å². The predicted octanol–water partition coefficient (Wildman–Crippen LogP) is 2.56. The van der Waals surface area contributed by atoms with Gasteiger partial charge in [0, 0.05) is 37.1 Å². The zero-order valence-electron chi connectivity index (χ0n) is 21.8. The molecule has 0 aliphatic carbocycles. The molecule has 6 N–H and O–H groups in total. The number of benzene rings is 1. The standard InChI is InChI=1S/C26H37N9O3/c1-2-3-12-30-24-33-25(31-19-22-6-4-5-13-28-22)35-26(34-24)32-21-9-7-20(8-10-21)23(36)29-14-16-38-18-17-37-15-11-27/h4-10,13H,2-3,11-12,14-19,27H2,1H3,(H,29,36)(H3,30,31,32,33,34,35). The Balaban J connectivity index is 1.54. The van der Waals surface area contributed by atoms with E-state index in [1.54, 1.807) is 30.5 Å². The molecule has 0 bridgehead atoms. The normalized spacial score (nSPS) is 10.7. The van der Waals surface area contributed by atoms with Crippen LogP contribution in [0.25, 0.3) is 0 Å². The van der Waals surface area contributed by atoms with Crippen LogP contribution in [0.15, 0.2) is 48.7 Å². The van der Waals surface area contributed by atoms with Gasteiger partial charge in [0.15, 0.2) is 0 Å². The van der Waals surface area contributed by atoms with E-state index in [1.165, 1.54) is 0 Å². The van der Waals surface area contributed by atoms with Crippen molar-refractivity contribution in [2.24, 2.45) is 5.73 Å². The molecule has 3 aromatic rings. The number of aromatic nitrogens is 4. The molecule has 2 aromatic heterocycles. The average molecular weight is 524 g/mol. The highest BCUT2D eigenvalue weighted by Crippen LogP contribution is 2.17. The minimum Gasteiger partial charge on any atom is -0.378 e. The Morgan fingerprint density at radius 2 is 1.61 bits per heavy atom. The fourth-order valence-corrected chi connectivity index (χ4v) is 3.22. The fourth-order valence-electron chi connectivity index (χ4n) is 3.22. The van der Waals surface area contributed by atoms with E-state index in [0.717, 1.165) is 30.8 Å². The van der Waals surface area contributed by atoms with Gasteiger partial charge in [-0.25, -0.2) is 0 Å². The number of anilines is 4. The molecule has 12 heteroatoms. The number of amides is 1. The third kappa shape index (κ3) is 10.6. The lowest BCUT2D eigenvalue weighted by atomic mass is 10.2. The van der Waals surface area contributed by atoms with Gasteiger partial charge in [0.05, 0.1) is 38.7 Å². The van der Waals surface area contributed by atoms with Gasteiger partial charge >= 0.3 is 0 Å². The Morgan fingerprint density at radius 3 is 2.32 bits per heavy atom. The van der Waals surface area contributed by atoms with Crippen molar-refractivity contribution in [1.82, 2.24) is 25.3 Å². The van der Waals surface area contributed by atoms with Crippen molar-refractivity contribution in [2.75, 3.05) is 62.0 Å². The van der Waals surface area contributed by atoms with Crippen molar-refractivity contribution in [3.63, 3.8) is 0 Å². The number of nitrogens with zero attached hydrogens (tertiary/aromatic N) is 4. The lowest BCUT2D eigenvalue weighted by Crippen LogP contribution is -2.27. The lowest BCUT2D eigenvalue weighted by molar-refractivity contribution is 0.0511. The number of ether oxygens (including phenoxy) is 2. The number of rotatable bonds is 18. The van der Waals surface area contributed by atoms with Crippen molar-refractivity contribution in [3.05, 3.63) is 59.9 Å². The summed E-state index contributed by atoms with van der Waals surface area (Å²) in [6.07, 6.45) is 3.81. The van der Waals surface area contributed by atoms with Crippen molar-refractivity contribution >= 4 is 29.4 Å². The molecule has 1 aromatic carbocycles. The van der Waals surface area contributed by atoms with E-state index >= 15 is 0 Å². The summed E-state index contributed by atoms with van der Waals surface area (Å²) < 4.78 is 10.7. The number of nitrogens with one attached hydrogen (secondary N) is 4. The Morgan fingerprint density at radius 1 is 0.868 bits per heavy atom. The van der Waals surface area contributed by atoms with Crippen LogP contribution in [0.5, 0.6) is 0 Å². The number of unbranched alkanes of at least 4 members (excludes halogenated alkanes) is 1. The van der Waals surface area contributed by atoms with E-state index in [0.29, 0.717) is 69.5 Å². The Kier molecular flexibility index (Phi) is 12.7. The van der Waals surface area contributed by atoms with E-state index in [-0.39, 0.29) is 5.91 Å². The van der Waals surface area contributed by atoms with Crippen LogP contribution in [-0.4, -0.2) is 71.9 Å². The van der Waals surface area contributed by atoms with Crippen LogP contribution in [0.3, 0.4) is 0 Å². The second-order valence-electron chi connectivity index (χ2n) is 8.23. The second-order valence-corrected chi connectivity index (χ2v) is 8.23. The lowest BCUT2D eigenvalue weighted by Gasteiger charge is -2.12. The number of carbonyl (C=O) groups is 1. The first-order chi connectivity index (χ1) is 18.7.